The van der Waals surface area contributed by atoms with Crippen molar-refractivity contribution in [3.63, 3.8) is 0 Å². The lowest BCUT2D eigenvalue weighted by molar-refractivity contribution is -0.159. The smallest absolute Gasteiger partial charge is 0.407 e. The molecule has 2 amide bonds. The summed E-state index contributed by atoms with van der Waals surface area (Å²) in [6.45, 7) is 6.49. The van der Waals surface area contributed by atoms with Crippen LogP contribution >= 0.6 is 0 Å². The molecule has 0 bridgehead atoms. The molecule has 2 aromatic rings. The molecule has 11 nitrogen and oxygen atoms in total. The van der Waals surface area contributed by atoms with Gasteiger partial charge in [-0.3, -0.25) is 9.48 Å². The first-order valence-corrected chi connectivity index (χ1v) is 11.9. The third-order valence-electron chi connectivity index (χ3n) is 4.67. The minimum absolute atomic E-state index is 0.00464. The van der Waals surface area contributed by atoms with Crippen molar-refractivity contribution in [1.82, 2.24) is 30.9 Å². The Morgan fingerprint density at radius 3 is 2.73 bits per heavy atom. The number of rotatable bonds is 15. The van der Waals surface area contributed by atoms with E-state index in [1.807, 2.05) is 13.8 Å². The highest BCUT2D eigenvalue weighted by atomic mass is 19.3. The second-order valence-corrected chi connectivity index (χ2v) is 8.82. The summed E-state index contributed by atoms with van der Waals surface area (Å²) in [6, 6.07) is 6.07. The van der Waals surface area contributed by atoms with Crippen LogP contribution in [0.4, 0.5) is 13.6 Å². The van der Waals surface area contributed by atoms with Gasteiger partial charge in [0.25, 0.3) is 5.91 Å². The van der Waals surface area contributed by atoms with Gasteiger partial charge in [-0.25, -0.2) is 4.79 Å². The number of alkyl carbamates (subject to hydrolysis) is 1. The molecule has 0 fully saturated rings. The van der Waals surface area contributed by atoms with Gasteiger partial charge in [-0.05, 0) is 36.5 Å². The van der Waals surface area contributed by atoms with E-state index in [1.165, 1.54) is 18.3 Å². The average Bonchev–Trinajstić information content (AvgIpc) is 3.28. The third-order valence-corrected chi connectivity index (χ3v) is 4.67. The highest BCUT2D eigenvalue weighted by molar-refractivity contribution is 5.92. The quantitative estimate of drug-likeness (QED) is 0.206. The molecular weight excluding hydrogens is 488 g/mol. The van der Waals surface area contributed by atoms with Crippen molar-refractivity contribution in [1.29, 1.82) is 0 Å². The molecule has 0 aliphatic rings. The average molecular weight is 524 g/mol. The molecular formula is C24H35F2N7O4. The Morgan fingerprint density at radius 2 is 2.00 bits per heavy atom. The normalized spacial score (nSPS) is 11.8. The standard InChI is InChI=1S/C24H35F2N7O4/c1-17(2)16-36-23(35)30-13-19-15-33(32-31-19)10-5-4-9-28-14-21(27)22(34)29-12-18-7-6-8-20(11-18)37-24(3,25)26/h6-8,11,14-15,17,28H,4-5,9-10,12-13,16,27H2,1-3H3,(H,29,34)(H,30,35)/b21-14-. The highest BCUT2D eigenvalue weighted by Gasteiger charge is 2.23. The van der Waals surface area contributed by atoms with E-state index in [4.69, 9.17) is 10.5 Å². The number of benzene rings is 1. The third kappa shape index (κ3) is 12.6. The van der Waals surface area contributed by atoms with Crippen molar-refractivity contribution in [2.45, 2.75) is 59.4 Å². The van der Waals surface area contributed by atoms with Crippen LogP contribution in [0.2, 0.25) is 0 Å². The Labute approximate surface area is 214 Å². The lowest BCUT2D eigenvalue weighted by atomic mass is 10.2. The van der Waals surface area contributed by atoms with Gasteiger partial charge in [0, 0.05) is 32.8 Å². The van der Waals surface area contributed by atoms with Crippen LogP contribution in [0.1, 0.15) is 44.9 Å². The molecule has 204 valence electrons. The summed E-state index contributed by atoms with van der Waals surface area (Å²) in [5.74, 6) is -0.219. The molecule has 0 unspecified atom stereocenters. The van der Waals surface area contributed by atoms with Crippen LogP contribution in [-0.4, -0.2) is 46.3 Å². The maximum atomic E-state index is 13.0. The first-order chi connectivity index (χ1) is 17.5. The maximum Gasteiger partial charge on any atom is 0.407 e. The van der Waals surface area contributed by atoms with Crippen LogP contribution < -0.4 is 26.4 Å². The number of alkyl halides is 2. The van der Waals surface area contributed by atoms with Crippen LogP contribution in [0.15, 0.2) is 42.4 Å². The number of ether oxygens (including phenoxy) is 2. The van der Waals surface area contributed by atoms with Gasteiger partial charge in [-0.15, -0.1) is 5.10 Å². The first kappa shape index (κ1) is 29.3. The van der Waals surface area contributed by atoms with Crippen LogP contribution in [0.5, 0.6) is 5.75 Å². The first-order valence-electron chi connectivity index (χ1n) is 11.9. The number of halogens is 2. The largest absolute Gasteiger partial charge is 0.449 e. The van der Waals surface area contributed by atoms with Gasteiger partial charge < -0.3 is 31.2 Å². The molecule has 37 heavy (non-hydrogen) atoms. The van der Waals surface area contributed by atoms with Gasteiger partial charge in [0.2, 0.25) is 0 Å². The predicted molar refractivity (Wildman–Crippen MR) is 132 cm³/mol. The van der Waals surface area contributed by atoms with E-state index >= 15 is 0 Å². The molecule has 0 radical (unpaired) electrons. The van der Waals surface area contributed by atoms with E-state index in [0.717, 1.165) is 12.8 Å². The van der Waals surface area contributed by atoms with Crippen molar-refractivity contribution in [3.8, 4) is 5.75 Å². The fourth-order valence-electron chi connectivity index (χ4n) is 2.94. The Morgan fingerprint density at radius 1 is 1.22 bits per heavy atom. The fourth-order valence-corrected chi connectivity index (χ4v) is 2.94. The number of nitrogens with zero attached hydrogens (tertiary/aromatic N) is 3. The lowest BCUT2D eigenvalue weighted by Crippen LogP contribution is -2.29. The van der Waals surface area contributed by atoms with E-state index in [-0.39, 0.29) is 30.5 Å². The van der Waals surface area contributed by atoms with Gasteiger partial charge in [0.05, 0.1) is 19.3 Å². The zero-order valence-corrected chi connectivity index (χ0v) is 21.3. The zero-order valence-electron chi connectivity index (χ0n) is 21.3. The second kappa shape index (κ2) is 14.6. The van der Waals surface area contributed by atoms with Gasteiger partial charge in [0.1, 0.15) is 17.1 Å². The lowest BCUT2D eigenvalue weighted by Gasteiger charge is -2.14. The van der Waals surface area contributed by atoms with Crippen LogP contribution in [0.25, 0.3) is 0 Å². The van der Waals surface area contributed by atoms with E-state index in [9.17, 15) is 18.4 Å². The summed E-state index contributed by atoms with van der Waals surface area (Å²) < 4.78 is 37.2. The minimum Gasteiger partial charge on any atom is -0.449 e. The number of nitrogens with two attached hydrogens (primary N) is 1. The zero-order chi connectivity index (χ0) is 27.3. The molecule has 13 heteroatoms. The molecule has 0 saturated carbocycles. The molecule has 1 heterocycles. The monoisotopic (exact) mass is 523 g/mol. The Balaban J connectivity index is 1.62. The molecule has 0 aliphatic heterocycles. The number of aromatic nitrogens is 3. The van der Waals surface area contributed by atoms with Gasteiger partial charge in [-0.1, -0.05) is 31.2 Å². The summed E-state index contributed by atoms with van der Waals surface area (Å²) in [7, 11) is 0. The number of aryl methyl sites for hydroxylation is 1. The molecule has 1 aromatic carbocycles. The molecule has 0 atom stereocenters. The molecule has 0 saturated heterocycles. The van der Waals surface area contributed by atoms with Crippen molar-refractivity contribution in [2.75, 3.05) is 13.2 Å². The summed E-state index contributed by atoms with van der Waals surface area (Å²) >= 11 is 0. The number of unbranched alkanes of at least 4 members (excludes halogenated alkanes) is 1. The SMILES string of the molecule is CC(C)COC(=O)NCc1cn(CCCCN/C=C(\N)C(=O)NCc2cccc(OC(C)(F)F)c2)nn1. The van der Waals surface area contributed by atoms with Gasteiger partial charge in [0.15, 0.2) is 0 Å². The minimum atomic E-state index is -3.29. The summed E-state index contributed by atoms with van der Waals surface area (Å²) in [5.41, 5.74) is 7.00. The van der Waals surface area contributed by atoms with Crippen molar-refractivity contribution < 1.29 is 27.8 Å². The summed E-state index contributed by atoms with van der Waals surface area (Å²) in [6.07, 6.45) is 0.987. The Hall–Kier alpha value is -3.90. The fraction of sp³-hybridized carbons (Fsp3) is 0.500. The number of carbonyl (C=O) groups is 2. The van der Waals surface area contributed by atoms with E-state index < -0.39 is 18.1 Å². The van der Waals surface area contributed by atoms with Crippen LogP contribution in [0.3, 0.4) is 0 Å². The second-order valence-electron chi connectivity index (χ2n) is 8.82. The number of nitrogens with one attached hydrogen (secondary N) is 3. The molecule has 1 aromatic heterocycles. The maximum absolute atomic E-state index is 13.0. The van der Waals surface area contributed by atoms with Crippen molar-refractivity contribution in [3.05, 3.63) is 53.6 Å². The molecule has 0 aliphatic carbocycles. The molecule has 5 N–H and O–H groups in total. The van der Waals surface area contributed by atoms with Crippen molar-refractivity contribution >= 4 is 12.0 Å². The number of amides is 2. The Bertz CT molecular complexity index is 1040. The van der Waals surface area contributed by atoms with Gasteiger partial charge >= 0.3 is 12.2 Å². The van der Waals surface area contributed by atoms with E-state index in [1.54, 1.807) is 23.0 Å². The summed E-state index contributed by atoms with van der Waals surface area (Å²) in [4.78, 5) is 23.7. The number of hydrogen-bond donors (Lipinski definition) is 4. The Kier molecular flexibility index (Phi) is 11.6. The van der Waals surface area contributed by atoms with Crippen LogP contribution in [0, 0.1) is 5.92 Å². The summed E-state index contributed by atoms with van der Waals surface area (Å²) in [5, 5.41) is 16.3. The van der Waals surface area contributed by atoms with Gasteiger partial charge in [-0.2, -0.15) is 8.78 Å². The predicted octanol–water partition coefficient (Wildman–Crippen LogP) is 2.64. The molecule has 2 rings (SSSR count). The highest BCUT2D eigenvalue weighted by Crippen LogP contribution is 2.21. The molecule has 0 spiro atoms. The van der Waals surface area contributed by atoms with E-state index in [2.05, 4.69) is 31.0 Å². The van der Waals surface area contributed by atoms with E-state index in [0.29, 0.717) is 37.9 Å². The number of hydrogen-bond acceptors (Lipinski definition) is 8. The topological polar surface area (TPSA) is 145 Å². The van der Waals surface area contributed by atoms with Crippen LogP contribution in [-0.2, 0) is 29.2 Å². The number of carbonyl (C=O) groups excluding carboxylic acids is 2. The van der Waals surface area contributed by atoms with Crippen molar-refractivity contribution in [2.24, 2.45) is 11.7 Å².